The molecule has 1 aliphatic rings. The summed E-state index contributed by atoms with van der Waals surface area (Å²) >= 11 is 0. The number of hydrogen-bond donors (Lipinski definition) is 1. The predicted octanol–water partition coefficient (Wildman–Crippen LogP) is 3.16. The van der Waals surface area contributed by atoms with Gasteiger partial charge in [-0.2, -0.15) is 0 Å². The molecule has 0 aromatic heterocycles. The highest BCUT2D eigenvalue weighted by molar-refractivity contribution is 5.70. The van der Waals surface area contributed by atoms with Crippen LogP contribution in [0.3, 0.4) is 0 Å². The van der Waals surface area contributed by atoms with Gasteiger partial charge >= 0.3 is 0 Å². The summed E-state index contributed by atoms with van der Waals surface area (Å²) in [5, 5.41) is 3.49. The third kappa shape index (κ3) is 3.49. The SMILES string of the molecule is COc1ccccc1-c1ccc(CN2CCNC(C)C2)cc1. The summed E-state index contributed by atoms with van der Waals surface area (Å²) in [4.78, 5) is 2.51. The minimum absolute atomic E-state index is 0.585. The molecule has 0 aliphatic carbocycles. The average molecular weight is 296 g/mol. The summed E-state index contributed by atoms with van der Waals surface area (Å²) in [5.41, 5.74) is 3.72. The molecule has 3 heteroatoms. The Kier molecular flexibility index (Phi) is 4.76. The van der Waals surface area contributed by atoms with E-state index in [1.807, 2.05) is 18.2 Å². The van der Waals surface area contributed by atoms with Gasteiger partial charge in [-0.05, 0) is 24.1 Å². The van der Waals surface area contributed by atoms with Crippen molar-refractivity contribution in [2.45, 2.75) is 19.5 Å². The molecule has 0 bridgehead atoms. The van der Waals surface area contributed by atoms with Crippen molar-refractivity contribution < 1.29 is 4.74 Å². The quantitative estimate of drug-likeness (QED) is 0.938. The van der Waals surface area contributed by atoms with Crippen LogP contribution in [0.15, 0.2) is 48.5 Å². The normalized spacial score (nSPS) is 19.1. The van der Waals surface area contributed by atoms with E-state index in [1.165, 1.54) is 11.1 Å². The third-order valence-electron chi connectivity index (χ3n) is 4.23. The van der Waals surface area contributed by atoms with E-state index in [0.717, 1.165) is 37.5 Å². The second-order valence-corrected chi connectivity index (χ2v) is 5.99. The molecule has 1 unspecified atom stereocenters. The molecule has 0 amide bonds. The van der Waals surface area contributed by atoms with E-state index in [4.69, 9.17) is 4.74 Å². The first-order chi connectivity index (χ1) is 10.8. The highest BCUT2D eigenvalue weighted by Crippen LogP contribution is 2.29. The van der Waals surface area contributed by atoms with Crippen LogP contribution in [0, 0.1) is 0 Å². The van der Waals surface area contributed by atoms with Gasteiger partial charge < -0.3 is 10.1 Å². The Hall–Kier alpha value is -1.84. The summed E-state index contributed by atoms with van der Waals surface area (Å²) in [5.74, 6) is 0.922. The molecule has 1 aliphatic heterocycles. The van der Waals surface area contributed by atoms with Gasteiger partial charge in [-0.25, -0.2) is 0 Å². The number of para-hydroxylation sites is 1. The zero-order valence-electron chi connectivity index (χ0n) is 13.4. The van der Waals surface area contributed by atoms with Crippen molar-refractivity contribution >= 4 is 0 Å². The monoisotopic (exact) mass is 296 g/mol. The maximum absolute atomic E-state index is 5.45. The van der Waals surface area contributed by atoms with E-state index in [1.54, 1.807) is 7.11 Å². The Morgan fingerprint density at radius 2 is 1.91 bits per heavy atom. The summed E-state index contributed by atoms with van der Waals surface area (Å²) in [7, 11) is 1.72. The summed E-state index contributed by atoms with van der Waals surface area (Å²) in [6, 6.07) is 17.6. The molecule has 116 valence electrons. The Bertz CT molecular complexity index is 609. The fourth-order valence-electron chi connectivity index (χ4n) is 3.09. The molecule has 0 radical (unpaired) electrons. The first kappa shape index (κ1) is 15.1. The Morgan fingerprint density at radius 1 is 1.14 bits per heavy atom. The van der Waals surface area contributed by atoms with E-state index < -0.39 is 0 Å². The molecule has 1 atom stereocenters. The van der Waals surface area contributed by atoms with E-state index in [0.29, 0.717) is 6.04 Å². The van der Waals surface area contributed by atoms with Crippen LogP contribution in [0.4, 0.5) is 0 Å². The number of ether oxygens (including phenoxy) is 1. The first-order valence-corrected chi connectivity index (χ1v) is 7.94. The van der Waals surface area contributed by atoms with Gasteiger partial charge in [0.2, 0.25) is 0 Å². The van der Waals surface area contributed by atoms with Gasteiger partial charge in [-0.1, -0.05) is 42.5 Å². The molecule has 3 rings (SSSR count). The summed E-state index contributed by atoms with van der Waals surface area (Å²) in [6.07, 6.45) is 0. The fraction of sp³-hybridized carbons (Fsp3) is 0.368. The molecule has 2 aromatic rings. The van der Waals surface area contributed by atoms with Gasteiger partial charge in [0.05, 0.1) is 7.11 Å². The first-order valence-electron chi connectivity index (χ1n) is 7.94. The van der Waals surface area contributed by atoms with Crippen molar-refractivity contribution in [3.8, 4) is 16.9 Å². The number of rotatable bonds is 4. The molecule has 0 saturated carbocycles. The van der Waals surface area contributed by atoms with Gasteiger partial charge in [0.25, 0.3) is 0 Å². The molecule has 1 heterocycles. The zero-order chi connectivity index (χ0) is 15.4. The van der Waals surface area contributed by atoms with E-state index >= 15 is 0 Å². The number of nitrogens with one attached hydrogen (secondary N) is 1. The number of benzene rings is 2. The highest BCUT2D eigenvalue weighted by Gasteiger charge is 2.15. The summed E-state index contributed by atoms with van der Waals surface area (Å²) < 4.78 is 5.45. The zero-order valence-corrected chi connectivity index (χ0v) is 13.4. The lowest BCUT2D eigenvalue weighted by Gasteiger charge is -2.31. The number of methoxy groups -OCH3 is 1. The topological polar surface area (TPSA) is 24.5 Å². The molecule has 0 spiro atoms. The summed E-state index contributed by atoms with van der Waals surface area (Å²) in [6.45, 7) is 6.60. The maximum atomic E-state index is 5.45. The lowest BCUT2D eigenvalue weighted by atomic mass is 10.0. The van der Waals surface area contributed by atoms with Crippen molar-refractivity contribution in [1.82, 2.24) is 10.2 Å². The third-order valence-corrected chi connectivity index (χ3v) is 4.23. The Morgan fingerprint density at radius 3 is 2.64 bits per heavy atom. The molecular formula is C19H24N2O. The van der Waals surface area contributed by atoms with Crippen LogP contribution >= 0.6 is 0 Å². The van der Waals surface area contributed by atoms with Crippen molar-refractivity contribution in [2.75, 3.05) is 26.7 Å². The van der Waals surface area contributed by atoms with Crippen LogP contribution in [0.25, 0.3) is 11.1 Å². The van der Waals surface area contributed by atoms with Crippen LogP contribution in [-0.4, -0.2) is 37.7 Å². The Balaban J connectivity index is 1.72. The van der Waals surface area contributed by atoms with Gasteiger partial charge in [0.1, 0.15) is 5.75 Å². The Labute approximate surface area is 132 Å². The van der Waals surface area contributed by atoms with Crippen molar-refractivity contribution in [2.24, 2.45) is 0 Å². The highest BCUT2D eigenvalue weighted by atomic mass is 16.5. The van der Waals surface area contributed by atoms with Crippen LogP contribution in [0.2, 0.25) is 0 Å². The van der Waals surface area contributed by atoms with Crippen LogP contribution in [0.5, 0.6) is 5.75 Å². The van der Waals surface area contributed by atoms with Crippen LogP contribution in [-0.2, 0) is 6.54 Å². The van der Waals surface area contributed by atoms with Gasteiger partial charge in [0, 0.05) is 37.8 Å². The molecule has 3 nitrogen and oxygen atoms in total. The van der Waals surface area contributed by atoms with E-state index in [2.05, 4.69) is 47.5 Å². The van der Waals surface area contributed by atoms with Gasteiger partial charge in [0.15, 0.2) is 0 Å². The number of hydrogen-bond acceptors (Lipinski definition) is 3. The van der Waals surface area contributed by atoms with Crippen LogP contribution in [0.1, 0.15) is 12.5 Å². The molecule has 1 fully saturated rings. The maximum Gasteiger partial charge on any atom is 0.126 e. The lowest BCUT2D eigenvalue weighted by Crippen LogP contribution is -2.48. The second kappa shape index (κ2) is 6.95. The van der Waals surface area contributed by atoms with Gasteiger partial charge in [-0.3, -0.25) is 4.90 Å². The second-order valence-electron chi connectivity index (χ2n) is 5.99. The van der Waals surface area contributed by atoms with Crippen molar-refractivity contribution in [3.63, 3.8) is 0 Å². The van der Waals surface area contributed by atoms with Crippen LogP contribution < -0.4 is 10.1 Å². The minimum atomic E-state index is 0.585. The van der Waals surface area contributed by atoms with Gasteiger partial charge in [-0.15, -0.1) is 0 Å². The molecule has 1 N–H and O–H groups in total. The number of piperazine rings is 1. The minimum Gasteiger partial charge on any atom is -0.496 e. The van der Waals surface area contributed by atoms with E-state index in [9.17, 15) is 0 Å². The lowest BCUT2D eigenvalue weighted by molar-refractivity contribution is 0.199. The standard InChI is InChI=1S/C19H24N2O/c1-15-13-21(12-11-20-15)14-16-7-9-17(10-8-16)18-5-3-4-6-19(18)22-2/h3-10,15,20H,11-14H2,1-2H3. The largest absolute Gasteiger partial charge is 0.496 e. The molecular weight excluding hydrogens is 272 g/mol. The van der Waals surface area contributed by atoms with Crippen molar-refractivity contribution in [1.29, 1.82) is 0 Å². The molecule has 22 heavy (non-hydrogen) atoms. The average Bonchev–Trinajstić information content (AvgIpc) is 2.56. The smallest absolute Gasteiger partial charge is 0.126 e. The van der Waals surface area contributed by atoms with Crippen molar-refractivity contribution in [3.05, 3.63) is 54.1 Å². The predicted molar refractivity (Wildman–Crippen MR) is 91.2 cm³/mol. The molecule has 1 saturated heterocycles. The van der Waals surface area contributed by atoms with E-state index in [-0.39, 0.29) is 0 Å². The molecule has 2 aromatic carbocycles. The fourth-order valence-corrected chi connectivity index (χ4v) is 3.09. The number of nitrogens with zero attached hydrogens (tertiary/aromatic N) is 1.